The van der Waals surface area contributed by atoms with E-state index in [1.54, 1.807) is 0 Å². The molecule has 1 heterocycles. The van der Waals surface area contributed by atoms with Gasteiger partial charge in [-0.1, -0.05) is 6.92 Å². The van der Waals surface area contributed by atoms with E-state index in [0.717, 1.165) is 39.1 Å². The monoisotopic (exact) mass is 244 g/mol. The van der Waals surface area contributed by atoms with Crippen molar-refractivity contribution in [3.05, 3.63) is 0 Å². The molecule has 0 aromatic heterocycles. The summed E-state index contributed by atoms with van der Waals surface area (Å²) in [6, 6.07) is 0. The Hall–Kier alpha value is -0.160. The van der Waals surface area contributed by atoms with Gasteiger partial charge in [0.15, 0.2) is 0 Å². The summed E-state index contributed by atoms with van der Waals surface area (Å²) in [4.78, 5) is 4.69. The summed E-state index contributed by atoms with van der Waals surface area (Å²) in [6.45, 7) is 9.75. The van der Waals surface area contributed by atoms with E-state index in [4.69, 9.17) is 4.74 Å². The van der Waals surface area contributed by atoms with Gasteiger partial charge in [0.05, 0.1) is 18.8 Å². The van der Waals surface area contributed by atoms with Crippen LogP contribution >= 0.6 is 0 Å². The molecular formula is C13H28N2O2. The number of aliphatic hydroxyl groups excluding tert-OH is 1. The van der Waals surface area contributed by atoms with E-state index in [-0.39, 0.29) is 12.2 Å². The van der Waals surface area contributed by atoms with Gasteiger partial charge in [0.25, 0.3) is 0 Å². The van der Waals surface area contributed by atoms with Gasteiger partial charge in [-0.15, -0.1) is 0 Å². The van der Waals surface area contributed by atoms with E-state index in [2.05, 4.69) is 23.8 Å². The molecule has 0 bridgehead atoms. The van der Waals surface area contributed by atoms with Crippen LogP contribution in [-0.2, 0) is 4.74 Å². The minimum absolute atomic E-state index is 0.250. The Balaban J connectivity index is 2.18. The zero-order chi connectivity index (χ0) is 12.7. The molecule has 1 rings (SSSR count). The third-order valence-corrected chi connectivity index (χ3v) is 3.43. The van der Waals surface area contributed by atoms with Crippen LogP contribution in [0.25, 0.3) is 0 Å². The molecule has 0 aromatic rings. The second kappa shape index (κ2) is 8.03. The van der Waals surface area contributed by atoms with Gasteiger partial charge < -0.3 is 14.7 Å². The Morgan fingerprint density at radius 1 is 1.24 bits per heavy atom. The summed E-state index contributed by atoms with van der Waals surface area (Å²) in [6.07, 6.45) is 2.09. The van der Waals surface area contributed by atoms with Crippen molar-refractivity contribution in [1.29, 1.82) is 0 Å². The van der Waals surface area contributed by atoms with Crippen molar-refractivity contribution in [2.24, 2.45) is 0 Å². The maximum absolute atomic E-state index is 9.92. The molecule has 4 heteroatoms. The van der Waals surface area contributed by atoms with Crippen molar-refractivity contribution in [1.82, 2.24) is 9.80 Å². The molecule has 17 heavy (non-hydrogen) atoms. The number of nitrogens with zero attached hydrogens (tertiary/aromatic N) is 2. The van der Waals surface area contributed by atoms with Crippen LogP contribution in [0.15, 0.2) is 0 Å². The van der Waals surface area contributed by atoms with E-state index in [1.807, 2.05) is 6.92 Å². The topological polar surface area (TPSA) is 35.9 Å². The summed E-state index contributed by atoms with van der Waals surface area (Å²) in [5.74, 6) is 0. The van der Waals surface area contributed by atoms with Crippen LogP contribution in [0.1, 0.15) is 26.7 Å². The molecule has 2 atom stereocenters. The molecule has 0 aromatic carbocycles. The first-order valence-electron chi connectivity index (χ1n) is 6.82. The van der Waals surface area contributed by atoms with Crippen LogP contribution in [0.5, 0.6) is 0 Å². The first-order chi connectivity index (χ1) is 8.11. The predicted molar refractivity (Wildman–Crippen MR) is 70.3 cm³/mol. The molecule has 2 unspecified atom stereocenters. The molecule has 102 valence electrons. The molecular weight excluding hydrogens is 216 g/mol. The van der Waals surface area contributed by atoms with Crippen molar-refractivity contribution in [2.75, 3.05) is 46.4 Å². The van der Waals surface area contributed by atoms with Gasteiger partial charge in [-0.3, -0.25) is 4.90 Å². The standard InChI is InChI=1S/C13H28N2O2/c1-4-12(2)17-11-13(16)10-15-7-5-6-14(3)8-9-15/h12-13,16H,4-11H2,1-3H3. The van der Waals surface area contributed by atoms with Crippen molar-refractivity contribution < 1.29 is 9.84 Å². The molecule has 0 spiro atoms. The smallest absolute Gasteiger partial charge is 0.0900 e. The van der Waals surface area contributed by atoms with Crippen LogP contribution < -0.4 is 0 Å². The Labute approximate surface area is 106 Å². The highest BCUT2D eigenvalue weighted by Crippen LogP contribution is 2.03. The Morgan fingerprint density at radius 2 is 2.00 bits per heavy atom. The van der Waals surface area contributed by atoms with E-state index in [0.29, 0.717) is 6.61 Å². The highest BCUT2D eigenvalue weighted by atomic mass is 16.5. The van der Waals surface area contributed by atoms with Crippen LogP contribution in [0, 0.1) is 0 Å². The molecule has 4 nitrogen and oxygen atoms in total. The van der Waals surface area contributed by atoms with Gasteiger partial charge in [0.1, 0.15) is 0 Å². The van der Waals surface area contributed by atoms with Crippen LogP contribution in [0.4, 0.5) is 0 Å². The summed E-state index contributed by atoms with van der Waals surface area (Å²) in [5, 5.41) is 9.92. The number of rotatable bonds is 6. The van der Waals surface area contributed by atoms with Gasteiger partial charge in [0, 0.05) is 19.6 Å². The maximum Gasteiger partial charge on any atom is 0.0900 e. The van der Waals surface area contributed by atoms with Crippen LogP contribution in [0.2, 0.25) is 0 Å². The third kappa shape index (κ3) is 6.36. The second-order valence-electron chi connectivity index (χ2n) is 5.16. The maximum atomic E-state index is 9.92. The number of β-amino-alcohol motifs (C(OH)–C–C–N with tert-alkyl or cyclic N) is 1. The third-order valence-electron chi connectivity index (χ3n) is 3.43. The molecule has 0 aliphatic carbocycles. The molecule has 1 fully saturated rings. The SMILES string of the molecule is CCC(C)OCC(O)CN1CCCN(C)CC1. The molecule has 1 aliphatic rings. The average Bonchev–Trinajstić information content (AvgIpc) is 2.51. The summed E-state index contributed by atoms with van der Waals surface area (Å²) < 4.78 is 5.56. The van der Waals surface area contributed by atoms with E-state index in [1.165, 1.54) is 6.42 Å². The van der Waals surface area contributed by atoms with Gasteiger partial charge in [-0.25, -0.2) is 0 Å². The number of likely N-dealkylation sites (N-methyl/N-ethyl adjacent to an activating group) is 1. The lowest BCUT2D eigenvalue weighted by Crippen LogP contribution is -2.37. The molecule has 0 saturated carbocycles. The largest absolute Gasteiger partial charge is 0.389 e. The van der Waals surface area contributed by atoms with Gasteiger partial charge in [0.2, 0.25) is 0 Å². The normalized spacial score (nSPS) is 23.3. The number of aliphatic hydroxyl groups is 1. The van der Waals surface area contributed by atoms with E-state index >= 15 is 0 Å². The molecule has 0 amide bonds. The molecule has 1 saturated heterocycles. The molecule has 1 N–H and O–H groups in total. The van der Waals surface area contributed by atoms with Gasteiger partial charge in [-0.05, 0) is 39.9 Å². The second-order valence-corrected chi connectivity index (χ2v) is 5.16. The lowest BCUT2D eigenvalue weighted by atomic mass is 10.3. The summed E-state index contributed by atoms with van der Waals surface area (Å²) >= 11 is 0. The minimum atomic E-state index is -0.354. The Bertz CT molecular complexity index is 202. The van der Waals surface area contributed by atoms with E-state index < -0.39 is 0 Å². The number of ether oxygens (including phenoxy) is 1. The Kier molecular flexibility index (Phi) is 7.04. The number of hydrogen-bond donors (Lipinski definition) is 1. The quantitative estimate of drug-likeness (QED) is 0.750. The first-order valence-corrected chi connectivity index (χ1v) is 6.82. The van der Waals surface area contributed by atoms with Crippen LogP contribution in [-0.4, -0.2) is 73.5 Å². The minimum Gasteiger partial charge on any atom is -0.389 e. The molecule has 0 radical (unpaired) electrons. The lowest BCUT2D eigenvalue weighted by Gasteiger charge is -2.24. The summed E-state index contributed by atoms with van der Waals surface area (Å²) in [7, 11) is 2.16. The number of hydrogen-bond acceptors (Lipinski definition) is 4. The van der Waals surface area contributed by atoms with Gasteiger partial charge >= 0.3 is 0 Å². The summed E-state index contributed by atoms with van der Waals surface area (Å²) in [5.41, 5.74) is 0. The lowest BCUT2D eigenvalue weighted by molar-refractivity contribution is -0.0151. The van der Waals surface area contributed by atoms with Crippen molar-refractivity contribution in [3.63, 3.8) is 0 Å². The molecule has 1 aliphatic heterocycles. The highest BCUT2D eigenvalue weighted by Gasteiger charge is 2.16. The first kappa shape index (κ1) is 14.9. The fraction of sp³-hybridized carbons (Fsp3) is 1.00. The highest BCUT2D eigenvalue weighted by molar-refractivity contribution is 4.70. The van der Waals surface area contributed by atoms with Gasteiger partial charge in [-0.2, -0.15) is 0 Å². The van der Waals surface area contributed by atoms with Crippen LogP contribution in [0.3, 0.4) is 0 Å². The zero-order valence-electron chi connectivity index (χ0n) is 11.6. The fourth-order valence-electron chi connectivity index (χ4n) is 2.03. The van der Waals surface area contributed by atoms with Crippen molar-refractivity contribution >= 4 is 0 Å². The van der Waals surface area contributed by atoms with Crippen molar-refractivity contribution in [3.8, 4) is 0 Å². The predicted octanol–water partition coefficient (Wildman–Crippen LogP) is 0.800. The van der Waals surface area contributed by atoms with Crippen molar-refractivity contribution in [2.45, 2.75) is 38.9 Å². The zero-order valence-corrected chi connectivity index (χ0v) is 11.6. The van der Waals surface area contributed by atoms with E-state index in [9.17, 15) is 5.11 Å². The Morgan fingerprint density at radius 3 is 2.71 bits per heavy atom. The fourth-order valence-corrected chi connectivity index (χ4v) is 2.03. The average molecular weight is 244 g/mol.